The predicted octanol–water partition coefficient (Wildman–Crippen LogP) is 3.61. The highest BCUT2D eigenvalue weighted by Crippen LogP contribution is 2.37. The van der Waals surface area contributed by atoms with E-state index in [1.807, 2.05) is 11.0 Å². The Kier molecular flexibility index (Phi) is 5.57. The van der Waals surface area contributed by atoms with Crippen LogP contribution in [-0.4, -0.2) is 54.5 Å². The molecule has 1 aromatic carbocycles. The molecule has 0 radical (unpaired) electrons. The third-order valence-corrected chi connectivity index (χ3v) is 6.48. The number of carbonyl (C=O) groups is 2. The fourth-order valence-corrected chi connectivity index (χ4v) is 4.90. The molecule has 10 heteroatoms. The maximum Gasteiger partial charge on any atom is 0.274 e. The number of hydrogen-bond donors (Lipinski definition) is 0. The number of carbonyl (C=O) groups excluding carboxylic acids is 2. The van der Waals surface area contributed by atoms with Crippen LogP contribution in [0.2, 0.25) is 10.0 Å². The molecule has 1 fully saturated rings. The Bertz CT molecular complexity index is 1180. The lowest BCUT2D eigenvalue weighted by atomic mass is 10.0. The number of nitrogens with zero attached hydrogens (tertiary/aromatic N) is 6. The number of aromatic nitrogens is 4. The van der Waals surface area contributed by atoms with E-state index in [-0.39, 0.29) is 17.9 Å². The van der Waals surface area contributed by atoms with Gasteiger partial charge in [0.25, 0.3) is 11.8 Å². The van der Waals surface area contributed by atoms with Crippen molar-refractivity contribution in [3.63, 3.8) is 0 Å². The molecular weight excluding hydrogens is 451 g/mol. The summed E-state index contributed by atoms with van der Waals surface area (Å²) in [5, 5.41) is 5.66. The number of likely N-dealkylation sites (tertiary alicyclic amines) is 1. The Labute approximate surface area is 194 Å². The molecule has 1 saturated heterocycles. The first-order chi connectivity index (χ1) is 15.5. The summed E-state index contributed by atoms with van der Waals surface area (Å²) in [7, 11) is 0. The zero-order chi connectivity index (χ0) is 22.2. The van der Waals surface area contributed by atoms with Crippen LogP contribution in [0.15, 0.2) is 42.9 Å². The molecule has 3 aromatic rings. The van der Waals surface area contributed by atoms with E-state index in [1.165, 1.54) is 18.6 Å². The second kappa shape index (κ2) is 8.52. The number of fused-ring (bicyclic) bond motifs is 1. The molecule has 2 aliphatic heterocycles. The van der Waals surface area contributed by atoms with Crippen LogP contribution >= 0.6 is 23.2 Å². The molecule has 32 heavy (non-hydrogen) atoms. The molecule has 5 rings (SSSR count). The quantitative estimate of drug-likeness (QED) is 0.583. The van der Waals surface area contributed by atoms with Gasteiger partial charge in [0, 0.05) is 35.5 Å². The summed E-state index contributed by atoms with van der Waals surface area (Å²) in [6.45, 7) is 2.01. The van der Waals surface area contributed by atoms with Crippen molar-refractivity contribution < 1.29 is 9.59 Å². The molecule has 8 nitrogen and oxygen atoms in total. The number of amides is 2. The van der Waals surface area contributed by atoms with Gasteiger partial charge in [-0.2, -0.15) is 5.10 Å². The van der Waals surface area contributed by atoms with Crippen LogP contribution < -0.4 is 0 Å². The first kappa shape index (κ1) is 20.9. The fraction of sp³-hybridized carbons (Fsp3) is 0.318. The maximum absolute atomic E-state index is 13.3. The topological polar surface area (TPSA) is 84.2 Å². The normalized spacial score (nSPS) is 18.0. The minimum atomic E-state index is -0.185. The Morgan fingerprint density at radius 3 is 2.66 bits per heavy atom. The average molecular weight is 471 g/mol. The number of hydrogen-bond acceptors (Lipinski definition) is 5. The van der Waals surface area contributed by atoms with Crippen molar-refractivity contribution in [1.82, 2.24) is 29.5 Å². The van der Waals surface area contributed by atoms with Crippen LogP contribution in [0.25, 0.3) is 0 Å². The predicted molar refractivity (Wildman–Crippen MR) is 118 cm³/mol. The molecule has 2 aliphatic rings. The molecule has 0 aliphatic carbocycles. The summed E-state index contributed by atoms with van der Waals surface area (Å²) in [6, 6.07) is 7.05. The lowest BCUT2D eigenvalue weighted by Crippen LogP contribution is -2.38. The third-order valence-electron chi connectivity index (χ3n) is 5.92. The van der Waals surface area contributed by atoms with Gasteiger partial charge >= 0.3 is 0 Å². The molecule has 4 heterocycles. The van der Waals surface area contributed by atoms with Crippen LogP contribution in [-0.2, 0) is 13.1 Å². The van der Waals surface area contributed by atoms with Gasteiger partial charge in [-0.25, -0.2) is 4.98 Å². The van der Waals surface area contributed by atoms with Gasteiger partial charge in [0.15, 0.2) is 5.69 Å². The van der Waals surface area contributed by atoms with Crippen molar-refractivity contribution in [2.24, 2.45) is 0 Å². The summed E-state index contributed by atoms with van der Waals surface area (Å²) in [4.78, 5) is 37.6. The minimum Gasteiger partial charge on any atom is -0.330 e. The maximum atomic E-state index is 13.3. The summed E-state index contributed by atoms with van der Waals surface area (Å²) in [5.74, 6) is -0.317. The lowest BCUT2D eigenvalue weighted by molar-refractivity contribution is 0.0694. The van der Waals surface area contributed by atoms with Crippen LogP contribution in [0.4, 0.5) is 0 Å². The molecule has 1 atom stereocenters. The van der Waals surface area contributed by atoms with E-state index < -0.39 is 0 Å². The van der Waals surface area contributed by atoms with Crippen molar-refractivity contribution >= 4 is 35.0 Å². The standard InChI is InChI=1S/C22H20Cl2N6O2/c23-14-3-4-16(17(24)10-14)20-2-1-7-29(20)22(32)18-11-15-13-28(8-9-30(15)27-18)21(31)19-12-25-5-6-26-19/h3-6,10-12,20H,1-2,7-9,13H2. The molecule has 2 amide bonds. The van der Waals surface area contributed by atoms with Gasteiger partial charge in [-0.15, -0.1) is 0 Å². The van der Waals surface area contributed by atoms with E-state index in [4.69, 9.17) is 23.2 Å². The Balaban J connectivity index is 1.35. The van der Waals surface area contributed by atoms with Crippen LogP contribution in [0.5, 0.6) is 0 Å². The third kappa shape index (κ3) is 3.84. The summed E-state index contributed by atoms with van der Waals surface area (Å²) >= 11 is 12.5. The largest absolute Gasteiger partial charge is 0.330 e. The Morgan fingerprint density at radius 1 is 1.00 bits per heavy atom. The molecule has 0 bridgehead atoms. The highest BCUT2D eigenvalue weighted by atomic mass is 35.5. The van der Waals surface area contributed by atoms with Crippen LogP contribution in [0.3, 0.4) is 0 Å². The van der Waals surface area contributed by atoms with Crippen molar-refractivity contribution in [2.75, 3.05) is 13.1 Å². The average Bonchev–Trinajstić information content (AvgIpc) is 3.45. The molecule has 0 saturated carbocycles. The molecule has 164 valence electrons. The fourth-order valence-electron chi connectivity index (χ4n) is 4.37. The van der Waals surface area contributed by atoms with Gasteiger partial charge in [0.05, 0.1) is 31.0 Å². The Morgan fingerprint density at radius 2 is 1.88 bits per heavy atom. The molecular formula is C22H20Cl2N6O2. The second-order valence-electron chi connectivity index (χ2n) is 7.88. The summed E-state index contributed by atoms with van der Waals surface area (Å²) in [6.07, 6.45) is 6.21. The monoisotopic (exact) mass is 470 g/mol. The summed E-state index contributed by atoms with van der Waals surface area (Å²) < 4.78 is 1.80. The second-order valence-corrected chi connectivity index (χ2v) is 8.73. The van der Waals surface area contributed by atoms with Gasteiger partial charge in [-0.05, 0) is 36.6 Å². The zero-order valence-corrected chi connectivity index (χ0v) is 18.6. The molecule has 1 unspecified atom stereocenters. The molecule has 2 aromatic heterocycles. The zero-order valence-electron chi connectivity index (χ0n) is 17.1. The van der Waals surface area contributed by atoms with Crippen molar-refractivity contribution in [1.29, 1.82) is 0 Å². The highest BCUT2D eigenvalue weighted by Gasteiger charge is 2.34. The smallest absolute Gasteiger partial charge is 0.274 e. The number of benzene rings is 1. The summed E-state index contributed by atoms with van der Waals surface area (Å²) in [5.41, 5.74) is 2.39. The van der Waals surface area contributed by atoms with Crippen molar-refractivity contribution in [3.8, 4) is 0 Å². The minimum absolute atomic E-state index is 0.110. The van der Waals surface area contributed by atoms with E-state index >= 15 is 0 Å². The van der Waals surface area contributed by atoms with E-state index in [0.717, 1.165) is 24.1 Å². The van der Waals surface area contributed by atoms with Gasteiger partial charge < -0.3 is 9.80 Å². The lowest BCUT2D eigenvalue weighted by Gasteiger charge is -2.27. The van der Waals surface area contributed by atoms with Crippen LogP contribution in [0.1, 0.15) is 51.1 Å². The number of halogens is 2. The molecule has 0 N–H and O–H groups in total. The van der Waals surface area contributed by atoms with Gasteiger partial charge in [0.1, 0.15) is 5.69 Å². The van der Waals surface area contributed by atoms with E-state index in [9.17, 15) is 9.59 Å². The first-order valence-corrected chi connectivity index (χ1v) is 11.1. The SMILES string of the molecule is O=C(c1cnccn1)N1CCn2nc(C(=O)N3CCCC3c3ccc(Cl)cc3Cl)cc2C1. The Hall–Kier alpha value is -2.97. The van der Waals surface area contributed by atoms with Crippen LogP contribution in [0, 0.1) is 0 Å². The first-order valence-electron chi connectivity index (χ1n) is 10.4. The highest BCUT2D eigenvalue weighted by molar-refractivity contribution is 6.35. The van der Waals surface area contributed by atoms with Gasteiger partial charge in [-0.3, -0.25) is 19.3 Å². The number of rotatable bonds is 3. The van der Waals surface area contributed by atoms with Crippen molar-refractivity contribution in [2.45, 2.75) is 32.0 Å². The van der Waals surface area contributed by atoms with E-state index in [0.29, 0.717) is 47.6 Å². The van der Waals surface area contributed by atoms with E-state index in [1.54, 1.807) is 27.8 Å². The molecule has 0 spiro atoms. The van der Waals surface area contributed by atoms with Gasteiger partial charge in [-0.1, -0.05) is 29.3 Å². The van der Waals surface area contributed by atoms with Crippen molar-refractivity contribution in [3.05, 3.63) is 75.5 Å². The van der Waals surface area contributed by atoms with E-state index in [2.05, 4.69) is 15.1 Å². The van der Waals surface area contributed by atoms with Gasteiger partial charge in [0.2, 0.25) is 0 Å².